The summed E-state index contributed by atoms with van der Waals surface area (Å²) in [6.07, 6.45) is 17.1. The number of nitrogens with two attached hydrogens (primary N) is 1. The van der Waals surface area contributed by atoms with Crippen molar-refractivity contribution in [1.82, 2.24) is 0 Å². The van der Waals surface area contributed by atoms with Crippen molar-refractivity contribution in [3.63, 3.8) is 0 Å². The highest BCUT2D eigenvalue weighted by Crippen LogP contribution is 2.22. The minimum Gasteiger partial charge on any atom is -0.396 e. The summed E-state index contributed by atoms with van der Waals surface area (Å²) in [7, 11) is 0. The van der Waals surface area contributed by atoms with Gasteiger partial charge in [-0.25, -0.2) is 0 Å². The fourth-order valence-electron chi connectivity index (χ4n) is 3.68. The van der Waals surface area contributed by atoms with Crippen LogP contribution in [0.2, 0.25) is 0 Å². The van der Waals surface area contributed by atoms with E-state index in [1.54, 1.807) is 0 Å². The lowest BCUT2D eigenvalue weighted by molar-refractivity contribution is 0.117. The highest BCUT2D eigenvalue weighted by molar-refractivity contribution is 4.83. The minimum atomic E-state index is -0.260. The van der Waals surface area contributed by atoms with Crippen molar-refractivity contribution in [2.24, 2.45) is 11.7 Å². The van der Waals surface area contributed by atoms with Gasteiger partial charge in [0, 0.05) is 32.0 Å². The van der Waals surface area contributed by atoms with E-state index < -0.39 is 0 Å². The van der Waals surface area contributed by atoms with Crippen molar-refractivity contribution in [3.8, 4) is 0 Å². The van der Waals surface area contributed by atoms with Crippen molar-refractivity contribution in [2.75, 3.05) is 26.4 Å². The lowest BCUT2D eigenvalue weighted by atomic mass is 9.85. The van der Waals surface area contributed by atoms with Crippen molar-refractivity contribution in [2.45, 2.75) is 116 Å². The molecule has 0 bridgehead atoms. The number of ether oxygens (including phenoxy) is 1. The first-order valence-corrected chi connectivity index (χ1v) is 11.6. The molecule has 0 saturated carbocycles. The molecule has 0 aliphatic heterocycles. The molecular weight excluding hydrogens is 338 g/mol. The van der Waals surface area contributed by atoms with Crippen molar-refractivity contribution < 1.29 is 14.9 Å². The monoisotopic (exact) mass is 387 g/mol. The highest BCUT2D eigenvalue weighted by Gasteiger charge is 2.23. The smallest absolute Gasteiger partial charge is 0.0466 e. The van der Waals surface area contributed by atoms with Crippen LogP contribution in [0.25, 0.3) is 0 Å². The summed E-state index contributed by atoms with van der Waals surface area (Å²) < 4.78 is 5.77. The van der Waals surface area contributed by atoms with E-state index in [0.717, 1.165) is 64.1 Å². The van der Waals surface area contributed by atoms with Crippen molar-refractivity contribution >= 4 is 0 Å². The third-order valence-corrected chi connectivity index (χ3v) is 5.45. The Morgan fingerprint density at radius 1 is 0.667 bits per heavy atom. The lowest BCUT2D eigenvalue weighted by Crippen LogP contribution is -2.40. The standard InChI is InChI=1S/C23H49NO3/c1-22(2)14-9-7-5-3-4-6-8-10-20-27-21-13-17-23(24,15-11-18-25)16-12-19-26/h22,25-26H,3-21,24H2,1-2H3. The zero-order valence-corrected chi connectivity index (χ0v) is 18.4. The molecule has 0 heterocycles. The minimum absolute atomic E-state index is 0.187. The number of unbranched alkanes of at least 4 members (excludes halogenated alkanes) is 7. The van der Waals surface area contributed by atoms with Gasteiger partial charge in [-0.15, -0.1) is 0 Å². The Bertz CT molecular complexity index is 289. The van der Waals surface area contributed by atoms with E-state index in [0.29, 0.717) is 0 Å². The van der Waals surface area contributed by atoms with Crippen LogP contribution in [0.15, 0.2) is 0 Å². The Labute approximate surface area is 169 Å². The van der Waals surface area contributed by atoms with Gasteiger partial charge in [0.25, 0.3) is 0 Å². The highest BCUT2D eigenvalue weighted by atomic mass is 16.5. The quantitative estimate of drug-likeness (QED) is 0.237. The molecule has 4 N–H and O–H groups in total. The van der Waals surface area contributed by atoms with Gasteiger partial charge in [0.15, 0.2) is 0 Å². The molecule has 4 heteroatoms. The normalized spacial score (nSPS) is 12.2. The summed E-state index contributed by atoms with van der Waals surface area (Å²) >= 11 is 0. The van der Waals surface area contributed by atoms with E-state index in [1.165, 1.54) is 51.4 Å². The second kappa shape index (κ2) is 19.2. The number of aliphatic hydroxyl groups excluding tert-OH is 2. The summed E-state index contributed by atoms with van der Waals surface area (Å²) in [5, 5.41) is 18.1. The summed E-state index contributed by atoms with van der Waals surface area (Å²) in [6, 6.07) is 0. The Hall–Kier alpha value is -0.160. The Kier molecular flexibility index (Phi) is 19.1. The van der Waals surface area contributed by atoms with Gasteiger partial charge in [-0.2, -0.15) is 0 Å². The molecule has 0 unspecified atom stereocenters. The first kappa shape index (κ1) is 26.8. The first-order chi connectivity index (χ1) is 13.0. The van der Waals surface area contributed by atoms with Crippen LogP contribution in [0.4, 0.5) is 0 Å². The Morgan fingerprint density at radius 3 is 1.63 bits per heavy atom. The molecule has 0 amide bonds. The lowest BCUT2D eigenvalue weighted by Gasteiger charge is -2.29. The fourth-order valence-corrected chi connectivity index (χ4v) is 3.68. The van der Waals surface area contributed by atoms with Crippen LogP contribution in [-0.2, 0) is 4.74 Å². The van der Waals surface area contributed by atoms with Gasteiger partial charge in [-0.05, 0) is 50.9 Å². The molecule has 0 aromatic carbocycles. The molecule has 0 aromatic rings. The predicted octanol–water partition coefficient (Wildman–Crippen LogP) is 5.19. The van der Waals surface area contributed by atoms with Gasteiger partial charge in [0.2, 0.25) is 0 Å². The molecule has 0 saturated heterocycles. The summed E-state index contributed by atoms with van der Waals surface area (Å²) in [5.41, 5.74) is 6.19. The molecule has 0 fully saturated rings. The maximum Gasteiger partial charge on any atom is 0.0466 e. The summed E-state index contributed by atoms with van der Waals surface area (Å²) in [6.45, 7) is 6.62. The molecule has 0 radical (unpaired) electrons. The molecule has 0 atom stereocenters. The van der Waals surface area contributed by atoms with Crippen LogP contribution in [0.3, 0.4) is 0 Å². The molecule has 0 rings (SSSR count). The van der Waals surface area contributed by atoms with Crippen LogP contribution in [0, 0.1) is 5.92 Å². The first-order valence-electron chi connectivity index (χ1n) is 11.6. The number of aliphatic hydroxyl groups is 2. The van der Waals surface area contributed by atoms with Crippen molar-refractivity contribution in [1.29, 1.82) is 0 Å². The zero-order valence-electron chi connectivity index (χ0n) is 18.4. The average molecular weight is 388 g/mol. The van der Waals surface area contributed by atoms with E-state index in [2.05, 4.69) is 13.8 Å². The Morgan fingerprint density at radius 2 is 1.11 bits per heavy atom. The van der Waals surface area contributed by atoms with E-state index in [4.69, 9.17) is 20.7 Å². The second-order valence-corrected chi connectivity index (χ2v) is 8.74. The van der Waals surface area contributed by atoms with E-state index in [1.807, 2.05) is 0 Å². The van der Waals surface area contributed by atoms with Gasteiger partial charge in [-0.3, -0.25) is 0 Å². The van der Waals surface area contributed by atoms with E-state index in [9.17, 15) is 0 Å². The SMILES string of the molecule is CC(C)CCCCCCCCCCOCCCC(N)(CCCO)CCCO. The number of hydrogen-bond donors (Lipinski definition) is 3. The number of rotatable bonds is 21. The molecule has 0 spiro atoms. The Balaban J connectivity index is 3.44. The predicted molar refractivity (Wildman–Crippen MR) is 116 cm³/mol. The molecular formula is C23H49NO3. The van der Waals surface area contributed by atoms with Crippen LogP contribution >= 0.6 is 0 Å². The second-order valence-electron chi connectivity index (χ2n) is 8.74. The molecule has 0 aromatic heterocycles. The van der Waals surface area contributed by atoms with Crippen LogP contribution in [0.5, 0.6) is 0 Å². The van der Waals surface area contributed by atoms with Crippen LogP contribution in [-0.4, -0.2) is 42.2 Å². The molecule has 4 nitrogen and oxygen atoms in total. The average Bonchev–Trinajstić information content (AvgIpc) is 2.65. The molecule has 0 aliphatic rings. The van der Waals surface area contributed by atoms with Crippen LogP contribution < -0.4 is 5.73 Å². The largest absolute Gasteiger partial charge is 0.396 e. The van der Waals surface area contributed by atoms with E-state index in [-0.39, 0.29) is 18.8 Å². The zero-order chi connectivity index (χ0) is 20.2. The molecule has 27 heavy (non-hydrogen) atoms. The molecule has 0 aliphatic carbocycles. The van der Waals surface area contributed by atoms with E-state index >= 15 is 0 Å². The van der Waals surface area contributed by atoms with Crippen molar-refractivity contribution in [3.05, 3.63) is 0 Å². The maximum atomic E-state index is 9.03. The fraction of sp³-hybridized carbons (Fsp3) is 1.00. The van der Waals surface area contributed by atoms with Gasteiger partial charge in [0.05, 0.1) is 0 Å². The van der Waals surface area contributed by atoms with Crippen LogP contribution in [0.1, 0.15) is 110 Å². The topological polar surface area (TPSA) is 75.7 Å². The third kappa shape index (κ3) is 18.9. The third-order valence-electron chi connectivity index (χ3n) is 5.45. The van der Waals surface area contributed by atoms with Gasteiger partial charge >= 0.3 is 0 Å². The maximum absolute atomic E-state index is 9.03. The summed E-state index contributed by atoms with van der Waals surface area (Å²) in [4.78, 5) is 0. The number of hydrogen-bond acceptors (Lipinski definition) is 4. The molecule has 164 valence electrons. The van der Waals surface area contributed by atoms with Gasteiger partial charge in [-0.1, -0.05) is 65.2 Å². The van der Waals surface area contributed by atoms with Gasteiger partial charge < -0.3 is 20.7 Å². The summed E-state index contributed by atoms with van der Waals surface area (Å²) in [5.74, 6) is 0.854. The van der Waals surface area contributed by atoms with Gasteiger partial charge in [0.1, 0.15) is 0 Å².